The number of aliphatic hydroxyl groups excluding tert-OH is 1. The van der Waals surface area contributed by atoms with E-state index in [0.29, 0.717) is 11.0 Å². The van der Waals surface area contributed by atoms with E-state index in [4.69, 9.17) is 9.84 Å². The van der Waals surface area contributed by atoms with E-state index in [1.54, 1.807) is 6.08 Å². The van der Waals surface area contributed by atoms with E-state index >= 15 is 0 Å². The van der Waals surface area contributed by atoms with Gasteiger partial charge in [-0.15, -0.1) is 13.2 Å². The summed E-state index contributed by atoms with van der Waals surface area (Å²) in [7, 11) is 0. The number of hydroxylamine groups is 6. The van der Waals surface area contributed by atoms with Gasteiger partial charge >= 0.3 is 12.3 Å². The van der Waals surface area contributed by atoms with Crippen LogP contribution in [-0.2, 0) is 48.0 Å². The molecule has 17 heteroatoms. The Morgan fingerprint density at radius 3 is 1.27 bits per heavy atom. The highest BCUT2D eigenvalue weighted by atomic mass is 16.9. The fourth-order valence-corrected chi connectivity index (χ4v) is 3.88. The third-order valence-corrected chi connectivity index (χ3v) is 6.44. The average molecular weight is 628 g/mol. The molecule has 0 aromatic carbocycles. The number of allylic oxidation sites excluding steroid dienone is 2. The van der Waals surface area contributed by atoms with E-state index in [9.17, 15) is 38.4 Å². The molecule has 244 valence electrons. The van der Waals surface area contributed by atoms with Crippen molar-refractivity contribution >= 4 is 47.8 Å². The summed E-state index contributed by atoms with van der Waals surface area (Å²) in [5, 5.41) is 9.70. The van der Waals surface area contributed by atoms with Crippen LogP contribution >= 0.6 is 0 Å². The second-order valence-electron chi connectivity index (χ2n) is 9.78. The first-order valence-electron chi connectivity index (χ1n) is 13.2. The van der Waals surface area contributed by atoms with Gasteiger partial charge in [0.2, 0.25) is 0 Å². The molecule has 0 spiro atoms. The lowest BCUT2D eigenvalue weighted by Crippen LogP contribution is -2.37. The second kappa shape index (κ2) is 16.9. The number of ether oxygens (including phenoxy) is 1. The summed E-state index contributed by atoms with van der Waals surface area (Å²) in [5.74, 6) is -2.92. The number of rotatable bonds is 8. The molecule has 3 N–H and O–H groups in total. The zero-order valence-electron chi connectivity index (χ0n) is 23.1. The van der Waals surface area contributed by atoms with Gasteiger partial charge in [-0.2, -0.15) is 4.79 Å². The minimum absolute atomic E-state index is 0. The van der Waals surface area contributed by atoms with Crippen LogP contribution in [0.1, 0.15) is 71.6 Å². The van der Waals surface area contributed by atoms with Crippen molar-refractivity contribution < 1.29 is 68.2 Å². The summed E-state index contributed by atoms with van der Waals surface area (Å²) >= 11 is 0. The summed E-state index contributed by atoms with van der Waals surface area (Å²) in [6, 6.07) is 0. The second-order valence-corrected chi connectivity index (χ2v) is 9.78. The molecule has 0 aromatic heterocycles. The molecule has 3 heterocycles. The first kappa shape index (κ1) is 37.4. The summed E-state index contributed by atoms with van der Waals surface area (Å²) < 4.78 is 4.93. The van der Waals surface area contributed by atoms with Crippen molar-refractivity contribution in [2.75, 3.05) is 0 Å². The number of carbonyl (C=O) groups is 8. The fraction of sp³-hybridized carbons (Fsp3) is 0.556. The van der Waals surface area contributed by atoms with Crippen LogP contribution in [0, 0.1) is 11.8 Å². The highest BCUT2D eigenvalue weighted by Gasteiger charge is 2.42. The summed E-state index contributed by atoms with van der Waals surface area (Å²) in [6.07, 6.45) is 4.38. The standard InChI is InChI=1S/C11H13NO5.C9H8N2O7.C6H10O.CH4.H2O/c1-2-3-7-6-8(7)16-11(15)17-12-9(13)4-5-10(12)14;12-5-1-2-6(13)10(5)17-9(16)18-11-7(14)3-4-8(11)15;1-2-3-5-4-6(5)7;;/h2,7-8H,1,3-6H2;1-4H2;2,5-7H,1,3-4H2;1H4;1H2/t7-,8-;;5-,6-;;/m1.1../s1. The predicted octanol–water partition coefficient (Wildman–Crippen LogP) is 1.19. The Labute approximate surface area is 252 Å². The molecule has 3 aliphatic heterocycles. The Balaban J connectivity index is 0.000000349. The van der Waals surface area contributed by atoms with Gasteiger partial charge in [-0.25, -0.2) is 4.79 Å². The first-order chi connectivity index (χ1) is 19.9. The lowest BCUT2D eigenvalue weighted by Gasteiger charge is -2.15. The van der Waals surface area contributed by atoms with Crippen LogP contribution in [-0.4, -0.2) is 85.7 Å². The summed E-state index contributed by atoms with van der Waals surface area (Å²) in [6.45, 7) is 7.15. The fourth-order valence-electron chi connectivity index (χ4n) is 3.88. The Hall–Kier alpha value is -4.64. The number of hydrogen-bond donors (Lipinski definition) is 1. The number of imide groups is 3. The van der Waals surface area contributed by atoms with Crippen LogP contribution in [0.3, 0.4) is 0 Å². The maximum atomic E-state index is 11.3. The molecule has 5 aliphatic rings. The van der Waals surface area contributed by atoms with Crippen molar-refractivity contribution in [3.8, 4) is 0 Å². The molecule has 5 fully saturated rings. The molecule has 2 aliphatic carbocycles. The number of hydrogen-bond acceptors (Lipinski definition) is 13. The largest absolute Gasteiger partial charge is 0.560 e. The maximum Gasteiger partial charge on any atom is 0.560 e. The lowest BCUT2D eigenvalue weighted by atomic mass is 10.3. The molecular weight excluding hydrogens is 590 g/mol. The zero-order chi connectivity index (χ0) is 31.0. The molecule has 0 aromatic rings. The molecule has 17 nitrogen and oxygen atoms in total. The van der Waals surface area contributed by atoms with E-state index in [-0.39, 0.29) is 79.7 Å². The van der Waals surface area contributed by atoms with E-state index < -0.39 is 47.8 Å². The molecule has 4 atom stereocenters. The Bertz CT molecular complexity index is 1080. The van der Waals surface area contributed by atoms with Crippen molar-refractivity contribution in [2.24, 2.45) is 11.8 Å². The molecular formula is C27H37N3O14. The van der Waals surface area contributed by atoms with Crippen molar-refractivity contribution in [3.05, 3.63) is 25.3 Å². The zero-order valence-corrected chi connectivity index (χ0v) is 23.1. The van der Waals surface area contributed by atoms with Gasteiger partial charge in [-0.05, 0) is 31.6 Å². The van der Waals surface area contributed by atoms with Crippen molar-refractivity contribution in [2.45, 2.75) is 83.8 Å². The highest BCUT2D eigenvalue weighted by molar-refractivity contribution is 6.03. The van der Waals surface area contributed by atoms with Crippen molar-refractivity contribution in [3.63, 3.8) is 0 Å². The molecule has 3 saturated heterocycles. The van der Waals surface area contributed by atoms with E-state index in [2.05, 4.69) is 27.7 Å². The third kappa shape index (κ3) is 10.6. The van der Waals surface area contributed by atoms with Gasteiger partial charge in [0.05, 0.1) is 6.10 Å². The van der Waals surface area contributed by atoms with Crippen LogP contribution < -0.4 is 0 Å². The van der Waals surface area contributed by atoms with Crippen LogP contribution in [0.5, 0.6) is 0 Å². The highest BCUT2D eigenvalue weighted by Crippen LogP contribution is 2.37. The molecule has 5 rings (SSSR count). The van der Waals surface area contributed by atoms with Crippen LogP contribution in [0.2, 0.25) is 0 Å². The molecule has 0 radical (unpaired) electrons. The van der Waals surface area contributed by atoms with Crippen LogP contribution in [0.4, 0.5) is 9.59 Å². The van der Waals surface area contributed by atoms with E-state index in [1.165, 1.54) is 0 Å². The number of amides is 6. The van der Waals surface area contributed by atoms with Gasteiger partial charge in [0.25, 0.3) is 35.4 Å². The smallest absolute Gasteiger partial charge is 0.429 e. The van der Waals surface area contributed by atoms with Gasteiger partial charge in [0.1, 0.15) is 6.10 Å². The van der Waals surface area contributed by atoms with Gasteiger partial charge in [0, 0.05) is 44.4 Å². The number of aliphatic hydroxyl groups is 1. The monoisotopic (exact) mass is 627 g/mol. The van der Waals surface area contributed by atoms with Crippen LogP contribution in [0.25, 0.3) is 0 Å². The lowest BCUT2D eigenvalue weighted by molar-refractivity contribution is -0.198. The topological polar surface area (TPSA) is 235 Å². The van der Waals surface area contributed by atoms with Crippen LogP contribution in [0.15, 0.2) is 25.3 Å². The molecule has 0 unspecified atom stereocenters. The minimum Gasteiger partial charge on any atom is -0.429 e. The molecule has 2 saturated carbocycles. The normalized spacial score (nSPS) is 24.5. The van der Waals surface area contributed by atoms with Crippen molar-refractivity contribution in [1.29, 1.82) is 0 Å². The first-order valence-corrected chi connectivity index (χ1v) is 13.2. The average Bonchev–Trinajstić information content (AvgIpc) is 3.75. The Morgan fingerprint density at radius 1 is 0.659 bits per heavy atom. The number of nitrogens with zero attached hydrogens (tertiary/aromatic N) is 3. The molecule has 0 bridgehead atoms. The van der Waals surface area contributed by atoms with E-state index in [1.807, 2.05) is 6.08 Å². The Kier molecular flexibility index (Phi) is 14.3. The summed E-state index contributed by atoms with van der Waals surface area (Å²) in [4.78, 5) is 102. The van der Waals surface area contributed by atoms with Gasteiger partial charge < -0.3 is 15.3 Å². The van der Waals surface area contributed by atoms with Gasteiger partial charge in [-0.3, -0.25) is 43.3 Å². The molecule has 44 heavy (non-hydrogen) atoms. The quantitative estimate of drug-likeness (QED) is 0.226. The van der Waals surface area contributed by atoms with Crippen molar-refractivity contribution in [1.82, 2.24) is 15.2 Å². The Morgan fingerprint density at radius 2 is 0.977 bits per heavy atom. The number of carbonyl (C=O) groups excluding carboxylic acids is 8. The summed E-state index contributed by atoms with van der Waals surface area (Å²) in [5.41, 5.74) is 0. The minimum atomic E-state index is -1.48. The van der Waals surface area contributed by atoms with Gasteiger partial charge in [-0.1, -0.05) is 34.8 Å². The third-order valence-electron chi connectivity index (χ3n) is 6.44. The maximum absolute atomic E-state index is 11.3. The predicted molar refractivity (Wildman–Crippen MR) is 144 cm³/mol. The SMILES string of the molecule is C.C=CC[C@@H]1C[C@H]1O.C=CC[C@@H]1C[C@H]1OC(=O)ON1C(=O)CCC1=O.O.O=C(ON1C(=O)CCC1=O)ON1C(=O)CCC1=O. The molecule has 6 amide bonds. The van der Waals surface area contributed by atoms with Gasteiger partial charge in [0.15, 0.2) is 0 Å². The van der Waals surface area contributed by atoms with E-state index in [0.717, 1.165) is 25.7 Å².